The zero-order chi connectivity index (χ0) is 48.6. The maximum atomic E-state index is 7.32. The highest BCUT2D eigenvalue weighted by atomic mass is 16.5. The van der Waals surface area contributed by atoms with Gasteiger partial charge in [-0.2, -0.15) is 0 Å². The molecule has 0 saturated carbocycles. The van der Waals surface area contributed by atoms with Crippen LogP contribution in [0.5, 0.6) is 11.5 Å². The van der Waals surface area contributed by atoms with Gasteiger partial charge in [-0.1, -0.05) is 182 Å². The second-order valence-corrected chi connectivity index (χ2v) is 23.6. The van der Waals surface area contributed by atoms with Gasteiger partial charge in [0.1, 0.15) is 17.3 Å². The third-order valence-electron chi connectivity index (χ3n) is 13.9. The van der Waals surface area contributed by atoms with Gasteiger partial charge in [-0.05, 0) is 104 Å². The predicted molar refractivity (Wildman–Crippen MR) is 289 cm³/mol. The smallest absolute Gasteiger partial charge is 0.137 e. The number of hydrogen-bond donors (Lipinski definition) is 0. The standard InChI is InChI=1S/C63H70N4O/c1-59(2,3)45-29-30-64-57(36-45)67-54-28-22-21-27-52(54)58-53(61(7,8)9)38-51(39-55(58)67)68-50-35-47(63(13,14)44-25-19-16-20-26-44)34-49(37-50)66-41-65(40-56(66)62(10,11)12)48-32-43(42-23-17-15-18-24-42)31-46(33-48)60(4,5)6/h15-40H,41H2,1-14H3. The molecular formula is C63H70N4O. The van der Waals surface area contributed by atoms with Gasteiger partial charge >= 0.3 is 0 Å². The lowest BCUT2D eigenvalue weighted by molar-refractivity contribution is 0.475. The van der Waals surface area contributed by atoms with E-state index in [-0.39, 0.29) is 27.1 Å². The molecule has 9 rings (SSSR count). The maximum absolute atomic E-state index is 7.32. The molecule has 68 heavy (non-hydrogen) atoms. The van der Waals surface area contributed by atoms with E-state index in [0.717, 1.165) is 34.0 Å². The van der Waals surface area contributed by atoms with E-state index in [2.05, 4.69) is 263 Å². The molecule has 0 aliphatic carbocycles. The highest BCUT2D eigenvalue weighted by Crippen LogP contribution is 2.46. The number of rotatable bonds is 8. The van der Waals surface area contributed by atoms with Gasteiger partial charge in [0.05, 0.1) is 17.7 Å². The van der Waals surface area contributed by atoms with Crippen molar-refractivity contribution in [1.82, 2.24) is 9.55 Å². The van der Waals surface area contributed by atoms with E-state index in [4.69, 9.17) is 9.72 Å². The molecule has 8 aromatic rings. The first-order chi connectivity index (χ1) is 32.0. The molecule has 5 nitrogen and oxygen atoms in total. The summed E-state index contributed by atoms with van der Waals surface area (Å²) < 4.78 is 9.65. The lowest BCUT2D eigenvalue weighted by Gasteiger charge is -2.33. The van der Waals surface area contributed by atoms with Crippen molar-refractivity contribution < 1.29 is 4.74 Å². The second kappa shape index (κ2) is 16.9. The van der Waals surface area contributed by atoms with Crippen LogP contribution in [0.3, 0.4) is 0 Å². The quantitative estimate of drug-likeness (QED) is 0.152. The monoisotopic (exact) mass is 899 g/mol. The molecule has 0 spiro atoms. The fourth-order valence-electron chi connectivity index (χ4n) is 9.76. The van der Waals surface area contributed by atoms with Crippen molar-refractivity contribution in [2.75, 3.05) is 16.5 Å². The summed E-state index contributed by atoms with van der Waals surface area (Å²) in [4.78, 5) is 9.96. The summed E-state index contributed by atoms with van der Waals surface area (Å²) in [5.74, 6) is 2.49. The van der Waals surface area contributed by atoms with E-state index in [1.165, 1.54) is 61.1 Å². The second-order valence-electron chi connectivity index (χ2n) is 23.6. The van der Waals surface area contributed by atoms with Crippen LogP contribution in [0.4, 0.5) is 11.4 Å². The fourth-order valence-corrected chi connectivity index (χ4v) is 9.76. The van der Waals surface area contributed by atoms with Crippen LogP contribution < -0.4 is 14.5 Å². The van der Waals surface area contributed by atoms with E-state index in [0.29, 0.717) is 6.67 Å². The summed E-state index contributed by atoms with van der Waals surface area (Å²) in [6, 6.07) is 53.3. The van der Waals surface area contributed by atoms with Gasteiger partial charge < -0.3 is 14.5 Å². The molecule has 0 unspecified atom stereocenters. The van der Waals surface area contributed by atoms with E-state index in [9.17, 15) is 0 Å². The van der Waals surface area contributed by atoms with Crippen molar-refractivity contribution in [3.63, 3.8) is 0 Å². The van der Waals surface area contributed by atoms with Crippen molar-refractivity contribution in [2.45, 2.75) is 119 Å². The van der Waals surface area contributed by atoms with Gasteiger partial charge in [0.25, 0.3) is 0 Å². The summed E-state index contributed by atoms with van der Waals surface area (Å²) >= 11 is 0. The minimum atomic E-state index is -0.331. The number of anilines is 2. The van der Waals surface area contributed by atoms with Crippen molar-refractivity contribution >= 4 is 33.2 Å². The topological polar surface area (TPSA) is 33.5 Å². The Bertz CT molecular complexity index is 3180. The molecule has 5 heteroatoms. The van der Waals surface area contributed by atoms with E-state index >= 15 is 0 Å². The van der Waals surface area contributed by atoms with Crippen LogP contribution in [-0.2, 0) is 21.7 Å². The van der Waals surface area contributed by atoms with Gasteiger partial charge in [-0.15, -0.1) is 0 Å². The summed E-state index contributed by atoms with van der Waals surface area (Å²) in [6.07, 6.45) is 4.32. The molecule has 0 amide bonds. The van der Waals surface area contributed by atoms with Gasteiger partial charge in [0.2, 0.25) is 0 Å². The van der Waals surface area contributed by atoms with Crippen LogP contribution in [0.1, 0.15) is 125 Å². The first-order valence-corrected chi connectivity index (χ1v) is 24.4. The summed E-state index contributed by atoms with van der Waals surface area (Å²) in [5, 5.41) is 2.44. The molecular weight excluding hydrogens is 829 g/mol. The van der Waals surface area contributed by atoms with Gasteiger partial charge in [0, 0.05) is 63.2 Å². The number of para-hydroxylation sites is 1. The number of pyridine rings is 1. The van der Waals surface area contributed by atoms with Crippen molar-refractivity contribution in [3.8, 4) is 28.4 Å². The summed E-state index contributed by atoms with van der Waals surface area (Å²) in [6.45, 7) is 32.9. The third kappa shape index (κ3) is 8.96. The van der Waals surface area contributed by atoms with Gasteiger partial charge in [-0.25, -0.2) is 4.98 Å². The van der Waals surface area contributed by atoms with E-state index in [1.54, 1.807) is 0 Å². The number of benzene rings is 6. The zero-order valence-corrected chi connectivity index (χ0v) is 42.9. The lowest BCUT2D eigenvalue weighted by atomic mass is 9.78. The Hall–Kier alpha value is -6.59. The summed E-state index contributed by atoms with van der Waals surface area (Å²) in [5.41, 5.74) is 13.6. The minimum absolute atomic E-state index is 0.0314. The van der Waals surface area contributed by atoms with Crippen molar-refractivity contribution in [1.29, 1.82) is 0 Å². The summed E-state index contributed by atoms with van der Waals surface area (Å²) in [7, 11) is 0. The highest BCUT2D eigenvalue weighted by molar-refractivity contribution is 6.11. The number of hydrogen-bond acceptors (Lipinski definition) is 4. The molecule has 6 aromatic carbocycles. The molecule has 0 saturated heterocycles. The zero-order valence-electron chi connectivity index (χ0n) is 42.9. The molecule has 0 atom stereocenters. The molecule has 0 radical (unpaired) electrons. The molecule has 0 fully saturated rings. The number of ether oxygens (including phenoxy) is 1. The van der Waals surface area contributed by atoms with E-state index < -0.39 is 0 Å². The van der Waals surface area contributed by atoms with Gasteiger partial charge in [-0.3, -0.25) is 4.57 Å². The highest BCUT2D eigenvalue weighted by Gasteiger charge is 2.34. The fraction of sp³-hybridized carbons (Fsp3) is 0.317. The van der Waals surface area contributed by atoms with Crippen LogP contribution in [0.2, 0.25) is 0 Å². The van der Waals surface area contributed by atoms with E-state index in [1.807, 2.05) is 6.20 Å². The number of nitrogens with zero attached hydrogens (tertiary/aromatic N) is 4. The number of allylic oxidation sites excluding steroid dienone is 1. The van der Waals surface area contributed by atoms with Crippen molar-refractivity contribution in [3.05, 3.63) is 192 Å². The van der Waals surface area contributed by atoms with Crippen molar-refractivity contribution in [2.24, 2.45) is 5.41 Å². The first-order valence-electron chi connectivity index (χ1n) is 24.4. The Labute approximate surface area is 406 Å². The Morgan fingerprint density at radius 3 is 1.76 bits per heavy atom. The average Bonchev–Trinajstić information content (AvgIpc) is 3.90. The lowest BCUT2D eigenvalue weighted by Crippen LogP contribution is -2.31. The third-order valence-corrected chi connectivity index (χ3v) is 13.9. The number of aromatic nitrogens is 2. The predicted octanol–water partition coefficient (Wildman–Crippen LogP) is 17.0. The minimum Gasteiger partial charge on any atom is -0.457 e. The Kier molecular flexibility index (Phi) is 11.5. The molecule has 0 bridgehead atoms. The first kappa shape index (κ1) is 46.5. The SMILES string of the molecule is CC(C)(C)C1=CN(c2cc(-c3ccccc3)cc(C(C)(C)C)c2)CN1c1cc(Oc2cc(C(C)(C)C)c3c4ccccc4n(-c4cc(C(C)(C)C)ccn4)c3c2)cc(C(C)(C)c2ccccc2)c1. The molecule has 0 N–H and O–H groups in total. The van der Waals surface area contributed by atoms with Crippen LogP contribution in [0.25, 0.3) is 38.8 Å². The average molecular weight is 899 g/mol. The Morgan fingerprint density at radius 1 is 0.471 bits per heavy atom. The largest absolute Gasteiger partial charge is 0.457 e. The molecule has 348 valence electrons. The van der Waals surface area contributed by atoms with Crippen LogP contribution in [0, 0.1) is 5.41 Å². The molecule has 2 aromatic heterocycles. The van der Waals surface area contributed by atoms with Crippen LogP contribution >= 0.6 is 0 Å². The van der Waals surface area contributed by atoms with Gasteiger partial charge in [0.15, 0.2) is 0 Å². The molecule has 1 aliphatic heterocycles. The normalized spacial score (nSPS) is 14.0. The Balaban J connectivity index is 1.22. The molecule has 1 aliphatic rings. The molecule has 3 heterocycles. The van der Waals surface area contributed by atoms with Crippen LogP contribution in [0.15, 0.2) is 164 Å². The van der Waals surface area contributed by atoms with Crippen LogP contribution in [-0.4, -0.2) is 16.2 Å². The Morgan fingerprint density at radius 2 is 1.10 bits per heavy atom. The number of fused-ring (bicyclic) bond motifs is 3. The maximum Gasteiger partial charge on any atom is 0.137 e.